The van der Waals surface area contributed by atoms with Gasteiger partial charge in [0.05, 0.1) is 13.2 Å². The maximum atomic E-state index is 12.7. The maximum Gasteiger partial charge on any atom is 0.167 e. The minimum Gasteiger partial charge on any atom is -0.378 e. The molecule has 3 rings (SSSR count). The molecule has 0 radical (unpaired) electrons. The molecule has 1 aromatic heterocycles. The third kappa shape index (κ3) is 2.30. The average molecular weight is 260 g/mol. The highest BCUT2D eigenvalue weighted by Gasteiger charge is 2.39. The van der Waals surface area contributed by atoms with Crippen LogP contribution in [0.5, 0.6) is 0 Å². The SMILES string of the molecule is Cc1ccncc1C(=O)C1CC2COCC(C1)N2C. The molecule has 3 heterocycles. The Labute approximate surface area is 113 Å². The van der Waals surface area contributed by atoms with E-state index in [-0.39, 0.29) is 11.7 Å². The highest BCUT2D eigenvalue weighted by atomic mass is 16.5. The molecular weight excluding hydrogens is 240 g/mol. The van der Waals surface area contributed by atoms with E-state index in [9.17, 15) is 4.79 Å². The summed E-state index contributed by atoms with van der Waals surface area (Å²) in [5.41, 5.74) is 1.82. The number of hydrogen-bond acceptors (Lipinski definition) is 4. The Morgan fingerprint density at radius 1 is 1.37 bits per heavy atom. The number of piperidine rings is 1. The number of Topliss-reactive ketones (excluding diaryl/α,β-unsaturated/α-hetero) is 1. The standard InChI is InChI=1S/C15H20N2O2/c1-10-3-4-16-7-14(10)15(18)11-5-12-8-19-9-13(6-11)17(12)2/h3-4,7,11-13H,5-6,8-9H2,1-2H3. The minimum atomic E-state index is 0.123. The van der Waals surface area contributed by atoms with E-state index in [0.717, 1.165) is 37.2 Å². The van der Waals surface area contributed by atoms with Gasteiger partial charge in [-0.15, -0.1) is 0 Å². The monoisotopic (exact) mass is 260 g/mol. The smallest absolute Gasteiger partial charge is 0.167 e. The fraction of sp³-hybridized carbons (Fsp3) is 0.600. The second-order valence-corrected chi connectivity index (χ2v) is 5.73. The molecular formula is C15H20N2O2. The summed E-state index contributed by atoms with van der Waals surface area (Å²) in [7, 11) is 2.15. The first-order valence-corrected chi connectivity index (χ1v) is 6.91. The van der Waals surface area contributed by atoms with Crippen molar-refractivity contribution in [3.05, 3.63) is 29.6 Å². The first kappa shape index (κ1) is 12.8. The summed E-state index contributed by atoms with van der Waals surface area (Å²) in [4.78, 5) is 19.1. The first-order valence-electron chi connectivity index (χ1n) is 6.91. The Morgan fingerprint density at radius 3 is 2.68 bits per heavy atom. The molecule has 0 amide bonds. The van der Waals surface area contributed by atoms with Crippen molar-refractivity contribution in [2.45, 2.75) is 31.8 Å². The van der Waals surface area contributed by atoms with Gasteiger partial charge in [0, 0.05) is 36.0 Å². The van der Waals surface area contributed by atoms with Gasteiger partial charge in [0.1, 0.15) is 0 Å². The van der Waals surface area contributed by atoms with E-state index < -0.39 is 0 Å². The Hall–Kier alpha value is -1.26. The molecule has 0 saturated carbocycles. The molecule has 0 spiro atoms. The lowest BCUT2D eigenvalue weighted by Crippen LogP contribution is -2.55. The van der Waals surface area contributed by atoms with Gasteiger partial charge in [-0.1, -0.05) is 0 Å². The van der Waals surface area contributed by atoms with Gasteiger partial charge in [-0.25, -0.2) is 0 Å². The quantitative estimate of drug-likeness (QED) is 0.759. The van der Waals surface area contributed by atoms with Crippen molar-refractivity contribution in [2.24, 2.45) is 5.92 Å². The fourth-order valence-electron chi connectivity index (χ4n) is 3.25. The lowest BCUT2D eigenvalue weighted by atomic mass is 9.80. The fourth-order valence-corrected chi connectivity index (χ4v) is 3.25. The van der Waals surface area contributed by atoms with E-state index in [0.29, 0.717) is 12.1 Å². The Bertz CT molecular complexity index is 475. The van der Waals surface area contributed by atoms with Gasteiger partial charge in [-0.3, -0.25) is 14.7 Å². The summed E-state index contributed by atoms with van der Waals surface area (Å²) >= 11 is 0. The van der Waals surface area contributed by atoms with Crippen molar-refractivity contribution >= 4 is 5.78 Å². The Balaban J connectivity index is 1.80. The summed E-state index contributed by atoms with van der Waals surface area (Å²) in [6.45, 7) is 3.49. The Morgan fingerprint density at radius 2 is 2.05 bits per heavy atom. The number of hydrogen-bond donors (Lipinski definition) is 0. The third-order valence-corrected chi connectivity index (χ3v) is 4.56. The van der Waals surface area contributed by atoms with Crippen LogP contribution in [0.2, 0.25) is 0 Å². The van der Waals surface area contributed by atoms with Crippen LogP contribution in [-0.2, 0) is 4.74 Å². The predicted molar refractivity (Wildman–Crippen MR) is 72.2 cm³/mol. The number of ketones is 1. The molecule has 2 bridgehead atoms. The number of likely N-dealkylation sites (N-methyl/N-ethyl adjacent to an activating group) is 1. The summed E-state index contributed by atoms with van der Waals surface area (Å²) in [6, 6.07) is 2.68. The zero-order valence-electron chi connectivity index (χ0n) is 11.5. The highest BCUT2D eigenvalue weighted by Crippen LogP contribution is 2.32. The van der Waals surface area contributed by atoms with Gasteiger partial charge in [0.15, 0.2) is 5.78 Å². The Kier molecular flexibility index (Phi) is 3.37. The number of fused-ring (bicyclic) bond motifs is 2. The number of rotatable bonds is 2. The van der Waals surface area contributed by atoms with Crippen LogP contribution >= 0.6 is 0 Å². The van der Waals surface area contributed by atoms with E-state index in [1.807, 2.05) is 13.0 Å². The van der Waals surface area contributed by atoms with Crippen molar-refractivity contribution in [1.29, 1.82) is 0 Å². The van der Waals surface area contributed by atoms with Gasteiger partial charge in [0.25, 0.3) is 0 Å². The van der Waals surface area contributed by atoms with Crippen molar-refractivity contribution in [3.8, 4) is 0 Å². The number of aromatic nitrogens is 1. The molecule has 2 unspecified atom stereocenters. The van der Waals surface area contributed by atoms with E-state index in [1.54, 1.807) is 12.4 Å². The molecule has 2 aliphatic heterocycles. The second kappa shape index (κ2) is 5.02. The predicted octanol–water partition coefficient (Wildman–Crippen LogP) is 1.68. The molecule has 0 N–H and O–H groups in total. The van der Waals surface area contributed by atoms with Crippen molar-refractivity contribution in [3.63, 3.8) is 0 Å². The summed E-state index contributed by atoms with van der Waals surface area (Å²) in [5.74, 6) is 0.383. The summed E-state index contributed by atoms with van der Waals surface area (Å²) in [5, 5.41) is 0. The van der Waals surface area contributed by atoms with Crippen LogP contribution in [0.25, 0.3) is 0 Å². The van der Waals surface area contributed by atoms with Crippen molar-refractivity contribution in [1.82, 2.24) is 9.88 Å². The van der Waals surface area contributed by atoms with Gasteiger partial charge in [-0.2, -0.15) is 0 Å². The largest absolute Gasteiger partial charge is 0.378 e. The van der Waals surface area contributed by atoms with Crippen LogP contribution in [0.4, 0.5) is 0 Å². The molecule has 4 nitrogen and oxygen atoms in total. The van der Waals surface area contributed by atoms with Crippen molar-refractivity contribution < 1.29 is 9.53 Å². The number of carbonyl (C=O) groups is 1. The van der Waals surface area contributed by atoms with Gasteiger partial charge < -0.3 is 4.74 Å². The van der Waals surface area contributed by atoms with Crippen molar-refractivity contribution in [2.75, 3.05) is 20.3 Å². The van der Waals surface area contributed by atoms with Crippen LogP contribution in [0.3, 0.4) is 0 Å². The maximum absolute atomic E-state index is 12.7. The average Bonchev–Trinajstić information content (AvgIpc) is 2.38. The molecule has 2 saturated heterocycles. The number of morpholine rings is 1. The van der Waals surface area contributed by atoms with Gasteiger partial charge >= 0.3 is 0 Å². The molecule has 102 valence electrons. The number of ether oxygens (including phenoxy) is 1. The van der Waals surface area contributed by atoms with Crippen LogP contribution in [0, 0.1) is 12.8 Å². The molecule has 19 heavy (non-hydrogen) atoms. The van der Waals surface area contributed by atoms with Gasteiger partial charge in [-0.05, 0) is 38.4 Å². The topological polar surface area (TPSA) is 42.4 Å². The molecule has 0 aliphatic carbocycles. The summed E-state index contributed by atoms with van der Waals surface area (Å²) < 4.78 is 5.60. The number of aryl methyl sites for hydroxylation is 1. The molecule has 2 aliphatic rings. The zero-order chi connectivity index (χ0) is 13.4. The van der Waals surface area contributed by atoms with E-state index in [2.05, 4.69) is 16.9 Å². The molecule has 2 atom stereocenters. The molecule has 4 heteroatoms. The highest BCUT2D eigenvalue weighted by molar-refractivity contribution is 5.98. The number of pyridine rings is 1. The third-order valence-electron chi connectivity index (χ3n) is 4.56. The lowest BCUT2D eigenvalue weighted by molar-refractivity contribution is -0.0702. The summed E-state index contributed by atoms with van der Waals surface area (Å²) in [6.07, 6.45) is 5.26. The van der Waals surface area contributed by atoms with Crippen LogP contribution in [0.15, 0.2) is 18.5 Å². The molecule has 0 aromatic carbocycles. The number of carbonyl (C=O) groups excluding carboxylic acids is 1. The van der Waals surface area contributed by atoms with E-state index in [1.165, 1.54) is 0 Å². The van der Waals surface area contributed by atoms with E-state index >= 15 is 0 Å². The molecule has 2 fully saturated rings. The van der Waals surface area contributed by atoms with E-state index in [4.69, 9.17) is 4.74 Å². The van der Waals surface area contributed by atoms with Crippen LogP contribution in [0.1, 0.15) is 28.8 Å². The lowest BCUT2D eigenvalue weighted by Gasteiger charge is -2.46. The van der Waals surface area contributed by atoms with Crippen LogP contribution in [-0.4, -0.2) is 48.0 Å². The second-order valence-electron chi connectivity index (χ2n) is 5.73. The van der Waals surface area contributed by atoms with Crippen LogP contribution < -0.4 is 0 Å². The number of nitrogens with zero attached hydrogens (tertiary/aromatic N) is 2. The first-order chi connectivity index (χ1) is 9.16. The minimum absolute atomic E-state index is 0.123. The molecule has 1 aromatic rings. The normalized spacial score (nSPS) is 31.2. The zero-order valence-corrected chi connectivity index (χ0v) is 11.5. The van der Waals surface area contributed by atoms with Gasteiger partial charge in [0.2, 0.25) is 0 Å².